The molecule has 0 unspecified atom stereocenters. The Bertz CT molecular complexity index is 536. The Hall–Kier alpha value is -1.09. The van der Waals surface area contributed by atoms with Gasteiger partial charge in [-0.1, -0.05) is 12.5 Å². The molecule has 1 aliphatic carbocycles. The average Bonchev–Trinajstić information content (AvgIpc) is 2.58. The molecule has 0 radical (unpaired) electrons. The number of ether oxygens (including phenoxy) is 2. The molecule has 0 aliphatic heterocycles. The lowest BCUT2D eigenvalue weighted by Gasteiger charge is -2.42. The second kappa shape index (κ2) is 11.5. The molecule has 1 heterocycles. The van der Waals surface area contributed by atoms with Crippen LogP contribution in [0.25, 0.3) is 0 Å². The molecular formula is C18H31IN4O2. The van der Waals surface area contributed by atoms with Crippen LogP contribution in [0.1, 0.15) is 38.3 Å². The van der Waals surface area contributed by atoms with E-state index in [4.69, 9.17) is 9.47 Å². The van der Waals surface area contributed by atoms with Crippen molar-refractivity contribution >= 4 is 29.9 Å². The van der Waals surface area contributed by atoms with Crippen LogP contribution in [-0.4, -0.2) is 44.9 Å². The van der Waals surface area contributed by atoms with Crippen LogP contribution in [0.4, 0.5) is 0 Å². The van der Waals surface area contributed by atoms with Gasteiger partial charge in [-0.2, -0.15) is 0 Å². The third-order valence-electron chi connectivity index (χ3n) is 4.62. The van der Waals surface area contributed by atoms with Gasteiger partial charge in [0.1, 0.15) is 0 Å². The van der Waals surface area contributed by atoms with E-state index in [0.29, 0.717) is 17.8 Å². The van der Waals surface area contributed by atoms with Gasteiger partial charge < -0.3 is 20.1 Å². The Morgan fingerprint density at radius 3 is 2.68 bits per heavy atom. The monoisotopic (exact) mass is 462 g/mol. The molecule has 2 N–H and O–H groups in total. The van der Waals surface area contributed by atoms with E-state index in [-0.39, 0.29) is 24.0 Å². The fraction of sp³-hybridized carbons (Fsp3) is 0.667. The molecule has 0 bridgehead atoms. The van der Waals surface area contributed by atoms with E-state index < -0.39 is 0 Å². The third-order valence-corrected chi connectivity index (χ3v) is 4.62. The number of aromatic nitrogens is 1. The van der Waals surface area contributed by atoms with Crippen LogP contribution in [-0.2, 0) is 11.3 Å². The summed E-state index contributed by atoms with van der Waals surface area (Å²) in [5.74, 6) is 1.46. The van der Waals surface area contributed by atoms with Crippen molar-refractivity contribution in [1.29, 1.82) is 0 Å². The standard InChI is InChI=1S/C18H30N4O2.HI/c1-4-19-17(20-13-15-7-5-8-16(22-15)24-3)21-14-18(9-6-10-18)11-12-23-2;/h5,7-8H,4,6,9-14H2,1-3H3,(H2,19,20,21);1H. The zero-order valence-electron chi connectivity index (χ0n) is 15.5. The molecule has 0 amide bonds. The van der Waals surface area contributed by atoms with Gasteiger partial charge in [0.15, 0.2) is 5.96 Å². The average molecular weight is 462 g/mol. The first-order valence-electron chi connectivity index (χ1n) is 8.72. The highest BCUT2D eigenvalue weighted by molar-refractivity contribution is 14.0. The van der Waals surface area contributed by atoms with Crippen LogP contribution in [0.3, 0.4) is 0 Å². The molecule has 142 valence electrons. The summed E-state index contributed by atoms with van der Waals surface area (Å²) in [5.41, 5.74) is 1.25. The number of pyridine rings is 1. The molecule has 1 fully saturated rings. The minimum absolute atomic E-state index is 0. The summed E-state index contributed by atoms with van der Waals surface area (Å²) in [6.45, 7) is 5.20. The molecule has 1 saturated carbocycles. The van der Waals surface area contributed by atoms with E-state index in [1.165, 1.54) is 19.3 Å². The van der Waals surface area contributed by atoms with Crippen LogP contribution in [0.5, 0.6) is 5.88 Å². The lowest BCUT2D eigenvalue weighted by molar-refractivity contribution is 0.0732. The molecule has 25 heavy (non-hydrogen) atoms. The van der Waals surface area contributed by atoms with Crippen molar-refractivity contribution in [3.8, 4) is 5.88 Å². The van der Waals surface area contributed by atoms with Gasteiger partial charge >= 0.3 is 0 Å². The van der Waals surface area contributed by atoms with Crippen molar-refractivity contribution in [2.24, 2.45) is 10.4 Å². The van der Waals surface area contributed by atoms with Gasteiger partial charge in [-0.3, -0.25) is 0 Å². The maximum absolute atomic E-state index is 5.26. The molecular weight excluding hydrogens is 431 g/mol. The molecule has 1 aliphatic rings. The second-order valence-electron chi connectivity index (χ2n) is 6.32. The van der Waals surface area contributed by atoms with E-state index in [9.17, 15) is 0 Å². The van der Waals surface area contributed by atoms with Crippen molar-refractivity contribution in [1.82, 2.24) is 15.6 Å². The number of rotatable bonds is 9. The van der Waals surface area contributed by atoms with Crippen LogP contribution >= 0.6 is 24.0 Å². The minimum Gasteiger partial charge on any atom is -0.481 e. The number of aliphatic imine (C=N–C) groups is 1. The quantitative estimate of drug-likeness (QED) is 0.336. The van der Waals surface area contributed by atoms with E-state index in [1.807, 2.05) is 18.2 Å². The van der Waals surface area contributed by atoms with Crippen LogP contribution < -0.4 is 15.4 Å². The van der Waals surface area contributed by atoms with Gasteiger partial charge in [0.05, 0.1) is 19.3 Å². The normalized spacial score (nSPS) is 15.7. The summed E-state index contributed by atoms with van der Waals surface area (Å²) >= 11 is 0. The molecule has 0 aromatic carbocycles. The molecule has 1 aromatic heterocycles. The molecule has 1 aromatic rings. The van der Waals surface area contributed by atoms with E-state index in [1.54, 1.807) is 14.2 Å². The lowest BCUT2D eigenvalue weighted by Crippen LogP contribution is -2.47. The van der Waals surface area contributed by atoms with Crippen molar-refractivity contribution in [2.45, 2.75) is 39.2 Å². The number of hydrogen-bond donors (Lipinski definition) is 2. The SMILES string of the molecule is CCNC(=NCc1cccc(OC)n1)NCC1(CCOC)CCC1.I. The topological polar surface area (TPSA) is 67.8 Å². The summed E-state index contributed by atoms with van der Waals surface area (Å²) in [5, 5.41) is 6.80. The van der Waals surface area contributed by atoms with Gasteiger partial charge in [0.2, 0.25) is 5.88 Å². The number of nitrogens with zero attached hydrogens (tertiary/aromatic N) is 2. The van der Waals surface area contributed by atoms with Crippen LogP contribution in [0.15, 0.2) is 23.2 Å². The summed E-state index contributed by atoms with van der Waals surface area (Å²) in [4.78, 5) is 9.04. The van der Waals surface area contributed by atoms with Crippen molar-refractivity contribution in [3.05, 3.63) is 23.9 Å². The van der Waals surface area contributed by atoms with Gasteiger partial charge in [-0.15, -0.1) is 24.0 Å². The zero-order valence-corrected chi connectivity index (χ0v) is 17.8. The molecule has 0 atom stereocenters. The Morgan fingerprint density at radius 1 is 1.28 bits per heavy atom. The van der Waals surface area contributed by atoms with E-state index in [2.05, 4.69) is 27.5 Å². The smallest absolute Gasteiger partial charge is 0.213 e. The predicted octanol–water partition coefficient (Wildman–Crippen LogP) is 2.97. The first-order valence-corrected chi connectivity index (χ1v) is 8.72. The van der Waals surface area contributed by atoms with Crippen molar-refractivity contribution < 1.29 is 9.47 Å². The number of hydrogen-bond acceptors (Lipinski definition) is 4. The number of guanidine groups is 1. The fourth-order valence-corrected chi connectivity index (χ4v) is 2.94. The first-order chi connectivity index (χ1) is 11.7. The largest absolute Gasteiger partial charge is 0.481 e. The Morgan fingerprint density at radius 2 is 2.08 bits per heavy atom. The Kier molecular flexibility index (Phi) is 10.1. The highest BCUT2D eigenvalue weighted by Crippen LogP contribution is 2.43. The third kappa shape index (κ3) is 6.97. The summed E-state index contributed by atoms with van der Waals surface area (Å²) in [7, 11) is 3.39. The minimum atomic E-state index is 0. The highest BCUT2D eigenvalue weighted by atomic mass is 127. The number of methoxy groups -OCH3 is 2. The second-order valence-corrected chi connectivity index (χ2v) is 6.32. The van der Waals surface area contributed by atoms with Gasteiger partial charge in [0.25, 0.3) is 0 Å². The summed E-state index contributed by atoms with van der Waals surface area (Å²) in [6, 6.07) is 5.74. The number of nitrogens with one attached hydrogen (secondary N) is 2. The summed E-state index contributed by atoms with van der Waals surface area (Å²) < 4.78 is 10.4. The van der Waals surface area contributed by atoms with Crippen molar-refractivity contribution in [2.75, 3.05) is 33.9 Å². The Labute approximate surface area is 168 Å². The maximum atomic E-state index is 5.26. The molecule has 0 spiro atoms. The first kappa shape index (κ1) is 22.0. The van der Waals surface area contributed by atoms with Crippen LogP contribution in [0, 0.1) is 5.41 Å². The van der Waals surface area contributed by atoms with Crippen molar-refractivity contribution in [3.63, 3.8) is 0 Å². The van der Waals surface area contributed by atoms with Gasteiger partial charge in [-0.25, -0.2) is 9.98 Å². The Balaban J connectivity index is 0.00000312. The predicted molar refractivity (Wildman–Crippen MR) is 112 cm³/mol. The molecule has 7 heteroatoms. The number of halogens is 1. The summed E-state index contributed by atoms with van der Waals surface area (Å²) in [6.07, 6.45) is 4.95. The molecule has 0 saturated heterocycles. The van der Waals surface area contributed by atoms with Gasteiger partial charge in [-0.05, 0) is 37.7 Å². The highest BCUT2D eigenvalue weighted by Gasteiger charge is 2.36. The molecule has 6 nitrogen and oxygen atoms in total. The zero-order chi connectivity index (χ0) is 17.3. The maximum Gasteiger partial charge on any atom is 0.213 e. The van der Waals surface area contributed by atoms with Crippen LogP contribution in [0.2, 0.25) is 0 Å². The van der Waals surface area contributed by atoms with E-state index in [0.717, 1.165) is 37.8 Å². The van der Waals surface area contributed by atoms with Gasteiger partial charge in [0, 0.05) is 32.9 Å². The molecule has 2 rings (SSSR count). The van der Waals surface area contributed by atoms with E-state index >= 15 is 0 Å². The lowest BCUT2D eigenvalue weighted by atomic mass is 9.67. The fourth-order valence-electron chi connectivity index (χ4n) is 2.94.